The van der Waals surface area contributed by atoms with Crippen LogP contribution >= 0.6 is 22.7 Å². The molecule has 0 saturated heterocycles. The smallest absolute Gasteiger partial charge is 0.166 e. The van der Waals surface area contributed by atoms with Gasteiger partial charge in [0, 0.05) is 57.4 Å². The van der Waals surface area contributed by atoms with Crippen LogP contribution in [0, 0.1) is 0 Å². The van der Waals surface area contributed by atoms with Crippen LogP contribution in [0.4, 0.5) is 0 Å². The minimum absolute atomic E-state index is 0.846. The molecule has 0 N–H and O–H groups in total. The van der Waals surface area contributed by atoms with Crippen molar-refractivity contribution in [2.75, 3.05) is 0 Å². The van der Waals surface area contributed by atoms with E-state index in [0.717, 1.165) is 55.0 Å². The van der Waals surface area contributed by atoms with Crippen molar-refractivity contribution < 1.29 is 4.42 Å². The van der Waals surface area contributed by atoms with Gasteiger partial charge in [0.05, 0.1) is 11.0 Å². The van der Waals surface area contributed by atoms with Gasteiger partial charge in [0.2, 0.25) is 0 Å². The SMILES string of the molecule is c1cc2c3c(c1)ccc1c3c3c4c(ccc3n1-c1nc3sc5ccccc5c3nc1-c1cccc3c1sc1ccccc13)oc1cccc-2c14. The lowest BCUT2D eigenvalue weighted by Crippen LogP contribution is -2.03. The number of hydrogen-bond acceptors (Lipinski definition) is 5. The van der Waals surface area contributed by atoms with E-state index in [0.29, 0.717) is 0 Å². The van der Waals surface area contributed by atoms with E-state index < -0.39 is 0 Å². The summed E-state index contributed by atoms with van der Waals surface area (Å²) in [5.74, 6) is 0.846. The van der Waals surface area contributed by atoms with Gasteiger partial charge in [-0.05, 0) is 58.3 Å². The van der Waals surface area contributed by atoms with Gasteiger partial charge in [0.15, 0.2) is 5.82 Å². The second-order valence-corrected chi connectivity index (χ2v) is 15.3. The third-order valence-corrected chi connectivity index (χ3v) is 13.0. The van der Waals surface area contributed by atoms with Gasteiger partial charge >= 0.3 is 0 Å². The molecule has 0 unspecified atom stereocenters. The first-order valence-electron chi connectivity index (χ1n) is 16.7. The van der Waals surface area contributed by atoms with Crippen LogP contribution in [0.15, 0.2) is 132 Å². The predicted molar refractivity (Wildman–Crippen MR) is 211 cm³/mol. The molecule has 0 radical (unpaired) electrons. The zero-order valence-electron chi connectivity index (χ0n) is 26.2. The number of rotatable bonds is 2. The molecule has 0 saturated carbocycles. The van der Waals surface area contributed by atoms with Crippen molar-refractivity contribution in [2.24, 2.45) is 0 Å². The van der Waals surface area contributed by atoms with Crippen molar-refractivity contribution in [1.82, 2.24) is 14.5 Å². The van der Waals surface area contributed by atoms with E-state index in [-0.39, 0.29) is 0 Å². The van der Waals surface area contributed by atoms with Crippen LogP contribution in [0.2, 0.25) is 0 Å². The highest BCUT2D eigenvalue weighted by atomic mass is 32.1. The molecular weight excluding hydrogens is 651 g/mol. The van der Waals surface area contributed by atoms with Crippen molar-refractivity contribution in [3.63, 3.8) is 0 Å². The van der Waals surface area contributed by atoms with Gasteiger partial charge in [-0.15, -0.1) is 22.7 Å². The Labute approximate surface area is 291 Å². The fraction of sp³-hybridized carbons (Fsp3) is 0. The molecule has 4 nitrogen and oxygen atoms in total. The van der Waals surface area contributed by atoms with Crippen LogP contribution in [-0.4, -0.2) is 14.5 Å². The van der Waals surface area contributed by atoms with Crippen LogP contribution in [0.5, 0.6) is 0 Å². The Hall–Kier alpha value is -6.08. The zero-order chi connectivity index (χ0) is 32.2. The highest BCUT2D eigenvalue weighted by molar-refractivity contribution is 7.26. The van der Waals surface area contributed by atoms with Crippen molar-refractivity contribution >= 4 is 118 Å². The average Bonchev–Trinajstić information content (AvgIpc) is 3.90. The molecule has 5 aromatic heterocycles. The van der Waals surface area contributed by atoms with E-state index >= 15 is 0 Å². The number of thiophene rings is 2. The summed E-state index contributed by atoms with van der Waals surface area (Å²) in [6.45, 7) is 0. The van der Waals surface area contributed by atoms with Crippen LogP contribution in [0.25, 0.3) is 123 Å². The van der Waals surface area contributed by atoms with Crippen LogP contribution in [0.3, 0.4) is 0 Å². The van der Waals surface area contributed by atoms with E-state index in [4.69, 9.17) is 14.4 Å². The van der Waals surface area contributed by atoms with Crippen LogP contribution < -0.4 is 0 Å². The third kappa shape index (κ3) is 3.04. The molecule has 0 aliphatic heterocycles. The standard InChI is InChI=1S/C44H21N3OS2/c1-3-16-33-23(9-1)26-13-6-14-28(42(26)49-33)40-43(46-44-41(45-40)27-10-2-4-17-34(27)50-44)47-29-19-18-22-8-5-11-24-25-12-7-15-31-36(25)39-32(48-31)21-20-30(47)38(39)37(29)35(22)24/h1-21H. The second-order valence-electron chi connectivity index (χ2n) is 13.2. The molecule has 0 bridgehead atoms. The Morgan fingerprint density at radius 2 is 1.16 bits per heavy atom. The number of nitrogens with zero attached hydrogens (tertiary/aromatic N) is 3. The minimum atomic E-state index is 0.846. The van der Waals surface area contributed by atoms with E-state index in [9.17, 15) is 0 Å². The Morgan fingerprint density at radius 3 is 2.06 bits per heavy atom. The van der Waals surface area contributed by atoms with Crippen molar-refractivity contribution in [2.45, 2.75) is 0 Å². The van der Waals surface area contributed by atoms with Crippen molar-refractivity contribution in [3.8, 4) is 28.2 Å². The zero-order valence-corrected chi connectivity index (χ0v) is 27.8. The summed E-state index contributed by atoms with van der Waals surface area (Å²) in [5, 5.41) is 11.0. The summed E-state index contributed by atoms with van der Waals surface area (Å²) in [6.07, 6.45) is 0. The molecule has 0 amide bonds. The summed E-state index contributed by atoms with van der Waals surface area (Å²) in [5.41, 5.74) is 9.44. The number of aromatic nitrogens is 3. The molecule has 7 aromatic carbocycles. The minimum Gasteiger partial charge on any atom is -0.456 e. The highest BCUT2D eigenvalue weighted by Crippen LogP contribution is 2.51. The molecule has 6 heteroatoms. The second kappa shape index (κ2) is 8.93. The molecule has 0 atom stereocenters. The lowest BCUT2D eigenvalue weighted by atomic mass is 9.95. The quantitative estimate of drug-likeness (QED) is 0.184. The summed E-state index contributed by atoms with van der Waals surface area (Å²) >= 11 is 3.54. The van der Waals surface area contributed by atoms with Crippen LogP contribution in [0.1, 0.15) is 0 Å². The first kappa shape index (κ1) is 25.9. The Balaban J connectivity index is 1.27. The summed E-state index contributed by atoms with van der Waals surface area (Å²) in [4.78, 5) is 12.2. The van der Waals surface area contributed by atoms with Gasteiger partial charge in [-0.1, -0.05) is 91.0 Å². The number of benzene rings is 7. The largest absolute Gasteiger partial charge is 0.456 e. The molecule has 230 valence electrons. The Kier molecular flexibility index (Phi) is 4.62. The van der Waals surface area contributed by atoms with Gasteiger partial charge in [0.25, 0.3) is 0 Å². The summed E-state index contributed by atoms with van der Waals surface area (Å²) in [6, 6.07) is 45.9. The molecule has 13 rings (SSSR count). The lowest BCUT2D eigenvalue weighted by molar-refractivity contribution is 0.669. The maximum absolute atomic E-state index is 6.56. The third-order valence-electron chi connectivity index (χ3n) is 10.8. The first-order chi connectivity index (χ1) is 24.8. The highest BCUT2D eigenvalue weighted by Gasteiger charge is 2.28. The topological polar surface area (TPSA) is 43.9 Å². The first-order valence-corrected chi connectivity index (χ1v) is 18.4. The van der Waals surface area contributed by atoms with Gasteiger partial charge < -0.3 is 4.42 Å². The van der Waals surface area contributed by atoms with Gasteiger partial charge in [-0.2, -0.15) is 0 Å². The average molecular weight is 672 g/mol. The van der Waals surface area contributed by atoms with Crippen molar-refractivity contribution in [3.05, 3.63) is 127 Å². The predicted octanol–water partition coefficient (Wildman–Crippen LogP) is 13.0. The maximum atomic E-state index is 6.56. The summed E-state index contributed by atoms with van der Waals surface area (Å²) in [7, 11) is 0. The van der Waals surface area contributed by atoms with E-state index in [1.54, 1.807) is 11.3 Å². The van der Waals surface area contributed by atoms with E-state index in [2.05, 4.69) is 132 Å². The monoisotopic (exact) mass is 671 g/mol. The van der Waals surface area contributed by atoms with E-state index in [1.165, 1.54) is 68.3 Å². The van der Waals surface area contributed by atoms with E-state index in [1.807, 2.05) is 11.3 Å². The molecule has 0 spiro atoms. The summed E-state index contributed by atoms with van der Waals surface area (Å²) < 4.78 is 12.6. The van der Waals surface area contributed by atoms with Gasteiger partial charge in [-0.25, -0.2) is 9.97 Å². The lowest BCUT2D eigenvalue weighted by Gasteiger charge is -2.14. The number of fused-ring (bicyclic) bond motifs is 7. The van der Waals surface area contributed by atoms with Crippen LogP contribution in [-0.2, 0) is 0 Å². The maximum Gasteiger partial charge on any atom is 0.166 e. The normalized spacial score (nSPS) is 12.8. The molecule has 0 fully saturated rings. The van der Waals surface area contributed by atoms with Crippen molar-refractivity contribution in [1.29, 1.82) is 0 Å². The Bertz CT molecular complexity index is 3510. The van der Waals surface area contributed by atoms with Gasteiger partial charge in [-0.3, -0.25) is 4.57 Å². The van der Waals surface area contributed by atoms with Gasteiger partial charge in [0.1, 0.15) is 27.2 Å². The number of hydrogen-bond donors (Lipinski definition) is 0. The fourth-order valence-corrected chi connectivity index (χ4v) is 11.0. The molecular formula is C44H21N3OS2. The molecule has 50 heavy (non-hydrogen) atoms. The number of furan rings is 1. The molecule has 1 aliphatic rings. The fourth-order valence-electron chi connectivity index (χ4n) is 8.74. The molecule has 5 heterocycles. The Morgan fingerprint density at radius 1 is 0.480 bits per heavy atom. The molecule has 12 aromatic rings. The molecule has 1 aliphatic carbocycles.